The highest BCUT2D eigenvalue weighted by molar-refractivity contribution is 7.99. The molecular weight excluding hydrogens is 252 g/mol. The maximum absolute atomic E-state index is 12.3. The fourth-order valence-electron chi connectivity index (χ4n) is 2.30. The molecule has 2 aromatic rings. The Hall–Kier alpha value is -1.69. The van der Waals surface area contributed by atoms with E-state index >= 15 is 0 Å². The SMILES string of the molecule is O=c1[nH]c2c(O)cccc2c(=O)n1C1CCSC1. The molecule has 0 saturated carbocycles. The third-order valence-corrected chi connectivity index (χ3v) is 4.36. The molecule has 5 nitrogen and oxygen atoms in total. The Kier molecular flexibility index (Phi) is 2.66. The van der Waals surface area contributed by atoms with Crippen molar-refractivity contribution >= 4 is 22.7 Å². The molecule has 1 aliphatic rings. The molecule has 0 aliphatic carbocycles. The highest BCUT2D eigenvalue weighted by atomic mass is 32.2. The Morgan fingerprint density at radius 1 is 1.39 bits per heavy atom. The van der Waals surface area contributed by atoms with Crippen LogP contribution >= 0.6 is 11.8 Å². The van der Waals surface area contributed by atoms with Crippen LogP contribution < -0.4 is 11.2 Å². The van der Waals surface area contributed by atoms with E-state index in [9.17, 15) is 14.7 Å². The van der Waals surface area contributed by atoms with E-state index in [2.05, 4.69) is 4.98 Å². The van der Waals surface area contributed by atoms with Crippen molar-refractivity contribution in [3.8, 4) is 5.75 Å². The first-order valence-corrected chi connectivity index (χ1v) is 6.88. The smallest absolute Gasteiger partial charge is 0.329 e. The number of aromatic amines is 1. The van der Waals surface area contributed by atoms with E-state index in [0.717, 1.165) is 17.9 Å². The second-order valence-electron chi connectivity index (χ2n) is 4.32. The maximum atomic E-state index is 12.3. The number of hydrogen-bond acceptors (Lipinski definition) is 4. The van der Waals surface area contributed by atoms with Crippen LogP contribution in [-0.4, -0.2) is 26.2 Å². The Bertz CT molecular complexity index is 713. The molecule has 0 amide bonds. The standard InChI is InChI=1S/C12H12N2O3S/c15-9-3-1-2-8-10(9)13-12(17)14(11(8)16)7-4-5-18-6-7/h1-3,7,15H,4-6H2,(H,13,17). The van der Waals surface area contributed by atoms with Crippen LogP contribution in [0.5, 0.6) is 5.75 Å². The number of benzene rings is 1. The molecule has 1 unspecified atom stereocenters. The van der Waals surface area contributed by atoms with Gasteiger partial charge in [-0.25, -0.2) is 4.79 Å². The predicted molar refractivity (Wildman–Crippen MR) is 71.5 cm³/mol. The van der Waals surface area contributed by atoms with Crippen LogP contribution in [0.15, 0.2) is 27.8 Å². The lowest BCUT2D eigenvalue weighted by Crippen LogP contribution is -2.38. The molecule has 2 N–H and O–H groups in total. The van der Waals surface area contributed by atoms with E-state index in [4.69, 9.17) is 0 Å². The quantitative estimate of drug-likeness (QED) is 0.808. The van der Waals surface area contributed by atoms with Gasteiger partial charge in [-0.05, 0) is 24.3 Å². The van der Waals surface area contributed by atoms with Gasteiger partial charge in [-0.1, -0.05) is 6.07 Å². The van der Waals surface area contributed by atoms with Crippen molar-refractivity contribution in [2.24, 2.45) is 0 Å². The van der Waals surface area contributed by atoms with Gasteiger partial charge in [0.15, 0.2) is 0 Å². The predicted octanol–water partition coefficient (Wildman–Crippen LogP) is 1.07. The summed E-state index contributed by atoms with van der Waals surface area (Å²) < 4.78 is 1.28. The highest BCUT2D eigenvalue weighted by Gasteiger charge is 2.22. The third-order valence-electron chi connectivity index (χ3n) is 3.21. The molecule has 1 aliphatic heterocycles. The van der Waals surface area contributed by atoms with Crippen molar-refractivity contribution in [1.29, 1.82) is 0 Å². The number of nitrogens with zero attached hydrogens (tertiary/aromatic N) is 1. The first-order chi connectivity index (χ1) is 8.68. The molecule has 1 aromatic heterocycles. The molecule has 0 spiro atoms. The van der Waals surface area contributed by atoms with E-state index < -0.39 is 5.69 Å². The lowest BCUT2D eigenvalue weighted by atomic mass is 10.2. The fourth-order valence-corrected chi connectivity index (χ4v) is 3.49. The number of H-pyrrole nitrogens is 1. The summed E-state index contributed by atoms with van der Waals surface area (Å²) in [5, 5.41) is 10.0. The average molecular weight is 264 g/mol. The van der Waals surface area contributed by atoms with Gasteiger partial charge < -0.3 is 10.1 Å². The van der Waals surface area contributed by atoms with E-state index in [1.165, 1.54) is 10.6 Å². The minimum absolute atomic E-state index is 0.0435. The number of rotatable bonds is 1. The molecule has 6 heteroatoms. The molecule has 0 bridgehead atoms. The molecule has 1 aromatic carbocycles. The second kappa shape index (κ2) is 4.20. The van der Waals surface area contributed by atoms with Crippen molar-refractivity contribution in [3.63, 3.8) is 0 Å². The number of nitrogens with one attached hydrogen (secondary N) is 1. The summed E-state index contributed by atoms with van der Waals surface area (Å²) in [6.07, 6.45) is 0.831. The zero-order valence-corrected chi connectivity index (χ0v) is 10.4. The highest BCUT2D eigenvalue weighted by Crippen LogP contribution is 2.26. The lowest BCUT2D eigenvalue weighted by molar-refractivity contribution is 0.477. The molecule has 18 heavy (non-hydrogen) atoms. The molecule has 94 valence electrons. The topological polar surface area (TPSA) is 75.1 Å². The zero-order chi connectivity index (χ0) is 12.7. The van der Waals surface area contributed by atoms with E-state index in [0.29, 0.717) is 5.39 Å². The molecular formula is C12H12N2O3S. The number of thioether (sulfide) groups is 1. The number of aromatic nitrogens is 2. The van der Waals surface area contributed by atoms with E-state index in [1.54, 1.807) is 23.9 Å². The number of hydrogen-bond donors (Lipinski definition) is 2. The summed E-state index contributed by atoms with van der Waals surface area (Å²) >= 11 is 1.74. The first-order valence-electron chi connectivity index (χ1n) is 5.73. The Balaban J connectivity index is 2.34. The largest absolute Gasteiger partial charge is 0.506 e. The first kappa shape index (κ1) is 11.4. The second-order valence-corrected chi connectivity index (χ2v) is 5.47. The van der Waals surface area contributed by atoms with Crippen LogP contribution in [0.25, 0.3) is 10.9 Å². The zero-order valence-electron chi connectivity index (χ0n) is 9.55. The maximum Gasteiger partial charge on any atom is 0.329 e. The fraction of sp³-hybridized carbons (Fsp3) is 0.333. The number of para-hydroxylation sites is 1. The normalized spacial score (nSPS) is 19.4. The molecule has 1 atom stereocenters. The van der Waals surface area contributed by atoms with Gasteiger partial charge in [-0.3, -0.25) is 9.36 Å². The summed E-state index contributed by atoms with van der Waals surface area (Å²) in [5.74, 6) is 1.68. The third kappa shape index (κ3) is 1.64. The molecule has 2 heterocycles. The van der Waals surface area contributed by atoms with E-state index in [1.807, 2.05) is 0 Å². The molecule has 1 saturated heterocycles. The van der Waals surface area contributed by atoms with Crippen molar-refractivity contribution in [3.05, 3.63) is 39.0 Å². The number of phenols is 1. The van der Waals surface area contributed by atoms with Crippen molar-refractivity contribution in [2.45, 2.75) is 12.5 Å². The van der Waals surface area contributed by atoms with Gasteiger partial charge in [0.25, 0.3) is 5.56 Å². The van der Waals surface area contributed by atoms with Crippen LogP contribution in [0, 0.1) is 0 Å². The van der Waals surface area contributed by atoms with E-state index in [-0.39, 0.29) is 22.9 Å². The number of aromatic hydroxyl groups is 1. The monoisotopic (exact) mass is 264 g/mol. The van der Waals surface area contributed by atoms with Crippen LogP contribution in [-0.2, 0) is 0 Å². The number of phenolic OH excluding ortho intramolecular Hbond substituents is 1. The van der Waals surface area contributed by atoms with Gasteiger partial charge in [-0.2, -0.15) is 11.8 Å². The Labute approximate surface area is 106 Å². The van der Waals surface area contributed by atoms with Crippen LogP contribution in [0.1, 0.15) is 12.5 Å². The molecule has 0 radical (unpaired) electrons. The van der Waals surface area contributed by atoms with Gasteiger partial charge in [0.1, 0.15) is 5.75 Å². The van der Waals surface area contributed by atoms with Crippen molar-refractivity contribution in [2.75, 3.05) is 11.5 Å². The lowest BCUT2D eigenvalue weighted by Gasteiger charge is -2.12. The Morgan fingerprint density at radius 2 is 2.22 bits per heavy atom. The summed E-state index contributed by atoms with van der Waals surface area (Å²) in [4.78, 5) is 26.9. The Morgan fingerprint density at radius 3 is 2.94 bits per heavy atom. The van der Waals surface area contributed by atoms with Crippen LogP contribution in [0.2, 0.25) is 0 Å². The van der Waals surface area contributed by atoms with Gasteiger partial charge in [0.05, 0.1) is 16.9 Å². The van der Waals surface area contributed by atoms with Crippen molar-refractivity contribution in [1.82, 2.24) is 9.55 Å². The molecule has 3 rings (SSSR count). The minimum atomic E-state index is -0.443. The van der Waals surface area contributed by atoms with Gasteiger partial charge in [0, 0.05) is 5.75 Å². The van der Waals surface area contributed by atoms with Crippen LogP contribution in [0.3, 0.4) is 0 Å². The van der Waals surface area contributed by atoms with Crippen molar-refractivity contribution < 1.29 is 5.11 Å². The van der Waals surface area contributed by atoms with Gasteiger partial charge >= 0.3 is 5.69 Å². The summed E-state index contributed by atoms with van der Waals surface area (Å²) in [5.41, 5.74) is -0.548. The summed E-state index contributed by atoms with van der Waals surface area (Å²) in [6, 6.07) is 4.63. The van der Waals surface area contributed by atoms with Gasteiger partial charge in [-0.15, -0.1) is 0 Å². The average Bonchev–Trinajstić information content (AvgIpc) is 2.84. The van der Waals surface area contributed by atoms with Gasteiger partial charge in [0.2, 0.25) is 0 Å². The number of fused-ring (bicyclic) bond motifs is 1. The summed E-state index contributed by atoms with van der Waals surface area (Å²) in [6.45, 7) is 0. The molecule has 1 fully saturated rings. The minimum Gasteiger partial charge on any atom is -0.506 e. The summed E-state index contributed by atoms with van der Waals surface area (Å²) in [7, 11) is 0. The van der Waals surface area contributed by atoms with Crippen LogP contribution in [0.4, 0.5) is 0 Å².